The number of hydrogen-bond donors (Lipinski definition) is 2. The molecule has 0 unspecified atom stereocenters. The highest BCUT2D eigenvalue weighted by Gasteiger charge is 2.08. The predicted molar refractivity (Wildman–Crippen MR) is 160 cm³/mol. The van der Waals surface area contributed by atoms with E-state index < -0.39 is 0 Å². The monoisotopic (exact) mass is 692 g/mol. The van der Waals surface area contributed by atoms with Gasteiger partial charge in [-0.15, -0.1) is 0 Å². The molecule has 4 aromatic carbocycles. The van der Waals surface area contributed by atoms with Crippen LogP contribution in [-0.2, 0) is 4.79 Å². The molecule has 4 rings (SSSR count). The van der Waals surface area contributed by atoms with E-state index in [2.05, 4.69) is 55.2 Å². The maximum atomic E-state index is 12.0. The van der Waals surface area contributed by atoms with Crippen molar-refractivity contribution in [2.45, 2.75) is 13.8 Å². The summed E-state index contributed by atoms with van der Waals surface area (Å²) >= 11 is 4.31. The van der Waals surface area contributed by atoms with E-state index in [4.69, 9.17) is 5.73 Å². The topological polar surface area (TPSA) is 81.4 Å². The van der Waals surface area contributed by atoms with Gasteiger partial charge in [-0.25, -0.2) is 0 Å². The molecule has 0 aliphatic rings. The number of ether oxygens (including phenoxy) is 1. The number of amides is 1. The van der Waals surface area contributed by atoms with Crippen LogP contribution in [0, 0.1) is 21.0 Å². The first-order valence-electron chi connectivity index (χ1n) is 10.6. The molecule has 3 N–H and O–H groups in total. The quantitative estimate of drug-likeness (QED) is 0.134. The average molecular weight is 692 g/mol. The molecule has 1 amide bonds. The highest BCUT2D eigenvalue weighted by Crippen LogP contribution is 2.16. The highest BCUT2D eigenvalue weighted by atomic mass is 127. The zero-order chi connectivity index (χ0) is 25.6. The predicted octanol–water partition coefficient (Wildman–Crippen LogP) is 7.26. The molecular formula is C28H26I2N2O3. The van der Waals surface area contributed by atoms with Gasteiger partial charge < -0.3 is 15.8 Å². The van der Waals surface area contributed by atoms with Gasteiger partial charge in [0.2, 0.25) is 0 Å². The first-order chi connectivity index (χ1) is 16.8. The van der Waals surface area contributed by atoms with E-state index in [0.29, 0.717) is 17.8 Å². The second-order valence-corrected chi connectivity index (χ2v) is 9.80. The van der Waals surface area contributed by atoms with Gasteiger partial charge in [0.05, 0.1) is 5.56 Å². The number of rotatable bonds is 4. The molecule has 35 heavy (non-hydrogen) atoms. The molecule has 0 spiro atoms. The van der Waals surface area contributed by atoms with Crippen molar-refractivity contribution >= 4 is 68.9 Å². The zero-order valence-electron chi connectivity index (χ0n) is 19.4. The van der Waals surface area contributed by atoms with Crippen LogP contribution in [0.5, 0.6) is 5.75 Å². The standard InChI is InChI=1S/C14H12INO.C7H5IO2.C7H9N/c1-10-5-4-6-11(9-10)16-14(17)12-7-2-3-8-13(12)15;8-6-2-1-3-7(4-6)10-5-9;1-6-3-2-4-7(8)5-6/h2-9H,1H3,(H,16,17);1-5H;2-5H,8H2,1H3. The third kappa shape index (κ3) is 10.9. The lowest BCUT2D eigenvalue weighted by Crippen LogP contribution is -2.13. The lowest BCUT2D eigenvalue weighted by molar-refractivity contribution is -0.120. The highest BCUT2D eigenvalue weighted by molar-refractivity contribution is 14.1. The zero-order valence-corrected chi connectivity index (χ0v) is 23.7. The lowest BCUT2D eigenvalue weighted by atomic mass is 10.2. The summed E-state index contributed by atoms with van der Waals surface area (Å²) in [5.74, 6) is 0.516. The van der Waals surface area contributed by atoms with Gasteiger partial charge in [-0.1, -0.05) is 42.5 Å². The SMILES string of the molecule is Cc1cccc(N)c1.Cc1cccc(NC(=O)c2ccccc2I)c1.O=COc1cccc(I)c1. The smallest absolute Gasteiger partial charge is 0.298 e. The lowest BCUT2D eigenvalue weighted by Gasteiger charge is -2.07. The molecule has 0 aromatic heterocycles. The van der Waals surface area contributed by atoms with E-state index in [1.807, 2.05) is 98.8 Å². The van der Waals surface area contributed by atoms with Crippen LogP contribution in [0.15, 0.2) is 97.1 Å². The molecule has 0 radical (unpaired) electrons. The Kier molecular flexibility index (Phi) is 12.3. The van der Waals surface area contributed by atoms with Crippen molar-refractivity contribution < 1.29 is 14.3 Å². The molecule has 0 bridgehead atoms. The Morgan fingerprint density at radius 2 is 1.49 bits per heavy atom. The van der Waals surface area contributed by atoms with Gasteiger partial charge in [0.1, 0.15) is 5.75 Å². The summed E-state index contributed by atoms with van der Waals surface area (Å²) in [4.78, 5) is 21.9. The van der Waals surface area contributed by atoms with Crippen LogP contribution < -0.4 is 15.8 Å². The Bertz CT molecular complexity index is 1240. The number of nitrogen functional groups attached to an aromatic ring is 1. The van der Waals surface area contributed by atoms with Gasteiger partial charge in [-0.3, -0.25) is 9.59 Å². The van der Waals surface area contributed by atoms with Gasteiger partial charge in [-0.05, 0) is 125 Å². The van der Waals surface area contributed by atoms with Gasteiger partial charge in [0, 0.05) is 18.5 Å². The fraction of sp³-hybridized carbons (Fsp3) is 0.0714. The minimum atomic E-state index is -0.0689. The molecule has 0 saturated heterocycles. The Hall–Kier alpha value is -2.92. The van der Waals surface area contributed by atoms with Gasteiger partial charge >= 0.3 is 0 Å². The third-order valence-corrected chi connectivity index (χ3v) is 6.03. The molecule has 0 atom stereocenters. The van der Waals surface area contributed by atoms with E-state index in [1.165, 1.54) is 5.56 Å². The second-order valence-electron chi connectivity index (χ2n) is 7.39. The Morgan fingerprint density at radius 3 is 2.06 bits per heavy atom. The maximum Gasteiger partial charge on any atom is 0.298 e. The average Bonchev–Trinajstić information content (AvgIpc) is 2.80. The van der Waals surface area contributed by atoms with Crippen molar-refractivity contribution in [2.24, 2.45) is 0 Å². The molecule has 5 nitrogen and oxygen atoms in total. The van der Waals surface area contributed by atoms with E-state index in [0.717, 1.165) is 24.1 Å². The van der Waals surface area contributed by atoms with Crippen LogP contribution in [0.25, 0.3) is 0 Å². The maximum absolute atomic E-state index is 12.0. The van der Waals surface area contributed by atoms with Crippen molar-refractivity contribution in [1.29, 1.82) is 0 Å². The molecule has 0 aliphatic heterocycles. The fourth-order valence-corrected chi connectivity index (χ4v) is 3.98. The summed E-state index contributed by atoms with van der Waals surface area (Å²) in [6.45, 7) is 4.45. The van der Waals surface area contributed by atoms with Gasteiger partial charge in [0.15, 0.2) is 0 Å². The number of halogens is 2. The summed E-state index contributed by atoms with van der Waals surface area (Å²) < 4.78 is 6.61. The number of anilines is 2. The summed E-state index contributed by atoms with van der Waals surface area (Å²) in [5.41, 5.74) is 10.2. The van der Waals surface area contributed by atoms with Crippen molar-refractivity contribution in [1.82, 2.24) is 0 Å². The molecule has 7 heteroatoms. The molecular weight excluding hydrogens is 666 g/mol. The van der Waals surface area contributed by atoms with E-state index in [-0.39, 0.29) is 5.91 Å². The minimum absolute atomic E-state index is 0.0689. The summed E-state index contributed by atoms with van der Waals surface area (Å²) in [7, 11) is 0. The van der Waals surface area contributed by atoms with Gasteiger partial charge in [0.25, 0.3) is 12.4 Å². The molecule has 180 valence electrons. The Balaban J connectivity index is 0.000000204. The molecule has 0 heterocycles. The minimum Gasteiger partial charge on any atom is -0.429 e. The Labute approximate surface area is 233 Å². The van der Waals surface area contributed by atoms with Crippen LogP contribution in [0.4, 0.5) is 11.4 Å². The number of carbonyl (C=O) groups excluding carboxylic acids is 2. The molecule has 0 aliphatic carbocycles. The first-order valence-corrected chi connectivity index (χ1v) is 12.7. The van der Waals surface area contributed by atoms with E-state index in [1.54, 1.807) is 12.1 Å². The molecule has 0 saturated carbocycles. The van der Waals surface area contributed by atoms with Crippen LogP contribution in [0.2, 0.25) is 0 Å². The van der Waals surface area contributed by atoms with Gasteiger partial charge in [-0.2, -0.15) is 0 Å². The van der Waals surface area contributed by atoms with Crippen molar-refractivity contribution in [3.63, 3.8) is 0 Å². The first kappa shape index (κ1) is 28.3. The Morgan fingerprint density at radius 1 is 0.829 bits per heavy atom. The van der Waals surface area contributed by atoms with Crippen LogP contribution in [0.3, 0.4) is 0 Å². The number of hydrogen-bond acceptors (Lipinski definition) is 4. The number of aryl methyl sites for hydroxylation is 2. The van der Waals surface area contributed by atoms with Crippen LogP contribution >= 0.6 is 45.2 Å². The van der Waals surface area contributed by atoms with E-state index >= 15 is 0 Å². The third-order valence-electron chi connectivity index (χ3n) is 4.42. The number of benzene rings is 4. The molecule has 0 fully saturated rings. The summed E-state index contributed by atoms with van der Waals surface area (Å²) in [6, 6.07) is 30.4. The largest absolute Gasteiger partial charge is 0.429 e. The summed E-state index contributed by atoms with van der Waals surface area (Å²) in [5, 5.41) is 2.90. The number of nitrogens with one attached hydrogen (secondary N) is 1. The number of carbonyl (C=O) groups is 2. The number of nitrogens with two attached hydrogens (primary N) is 1. The fourth-order valence-electron chi connectivity index (χ4n) is 2.83. The van der Waals surface area contributed by atoms with E-state index in [9.17, 15) is 9.59 Å². The van der Waals surface area contributed by atoms with Crippen LogP contribution in [0.1, 0.15) is 21.5 Å². The molecule has 4 aromatic rings. The van der Waals surface area contributed by atoms with Crippen molar-refractivity contribution in [2.75, 3.05) is 11.1 Å². The summed E-state index contributed by atoms with van der Waals surface area (Å²) in [6.07, 6.45) is 0. The van der Waals surface area contributed by atoms with Crippen molar-refractivity contribution in [3.8, 4) is 5.75 Å². The van der Waals surface area contributed by atoms with Crippen molar-refractivity contribution in [3.05, 3.63) is 121 Å². The van der Waals surface area contributed by atoms with Crippen LogP contribution in [-0.4, -0.2) is 12.4 Å². The second kappa shape index (κ2) is 15.2. The normalized spacial score (nSPS) is 9.49.